The lowest BCUT2D eigenvalue weighted by Gasteiger charge is -2.27. The third-order valence-corrected chi connectivity index (χ3v) is 6.97. The van der Waals surface area contributed by atoms with E-state index in [4.69, 9.17) is 19.3 Å². The lowest BCUT2D eigenvalue weighted by atomic mass is 9.83. The summed E-state index contributed by atoms with van der Waals surface area (Å²) in [5.41, 5.74) is 3.57. The van der Waals surface area contributed by atoms with Gasteiger partial charge in [0, 0.05) is 18.8 Å². The van der Waals surface area contributed by atoms with E-state index in [1.54, 1.807) is 14.2 Å². The molecule has 2 N–H and O–H groups in total. The highest BCUT2D eigenvalue weighted by Gasteiger charge is 2.24. The Morgan fingerprint density at radius 2 is 1.65 bits per heavy atom. The van der Waals surface area contributed by atoms with Gasteiger partial charge in [-0.2, -0.15) is 0 Å². The van der Waals surface area contributed by atoms with E-state index >= 15 is 0 Å². The zero-order chi connectivity index (χ0) is 24.5. The predicted molar refractivity (Wildman–Crippen MR) is 132 cm³/mol. The Hall–Kier alpha value is -2.57. The van der Waals surface area contributed by atoms with Gasteiger partial charge in [-0.15, -0.1) is 0 Å². The van der Waals surface area contributed by atoms with Gasteiger partial charge < -0.3 is 24.4 Å². The van der Waals surface area contributed by atoms with E-state index < -0.39 is 12.1 Å². The lowest BCUT2D eigenvalue weighted by Crippen LogP contribution is -2.18. The molecule has 1 aliphatic heterocycles. The number of carboxylic acid groups (broad SMARTS) is 1. The normalized spacial score (nSPS) is 16.1. The van der Waals surface area contributed by atoms with E-state index in [1.165, 1.54) is 0 Å². The van der Waals surface area contributed by atoms with E-state index in [-0.39, 0.29) is 12.3 Å². The van der Waals surface area contributed by atoms with Crippen LogP contribution in [-0.2, 0) is 22.4 Å². The molecule has 0 amide bonds. The van der Waals surface area contributed by atoms with Gasteiger partial charge in [0.15, 0.2) is 0 Å². The highest BCUT2D eigenvalue weighted by molar-refractivity contribution is 5.70. The summed E-state index contributed by atoms with van der Waals surface area (Å²) in [6, 6.07) is 11.5. The molecule has 1 heterocycles. The van der Waals surface area contributed by atoms with Crippen molar-refractivity contribution in [1.82, 2.24) is 0 Å². The monoisotopic (exact) mass is 470 g/mol. The molecule has 0 bridgehead atoms. The van der Waals surface area contributed by atoms with Crippen LogP contribution >= 0.6 is 0 Å². The van der Waals surface area contributed by atoms with Crippen molar-refractivity contribution in [2.45, 2.75) is 58.0 Å². The maximum atomic E-state index is 11.5. The topological polar surface area (TPSA) is 85.2 Å². The van der Waals surface area contributed by atoms with Gasteiger partial charge in [0.25, 0.3) is 0 Å². The average molecular weight is 471 g/mol. The van der Waals surface area contributed by atoms with Crippen molar-refractivity contribution in [3.05, 3.63) is 58.7 Å². The Balaban J connectivity index is 1.77. The smallest absolute Gasteiger partial charge is 0.307 e. The number of ether oxygens (including phenoxy) is 3. The van der Waals surface area contributed by atoms with E-state index in [0.29, 0.717) is 23.8 Å². The van der Waals surface area contributed by atoms with E-state index in [2.05, 4.69) is 0 Å². The minimum atomic E-state index is -0.837. The molecule has 6 nitrogen and oxygen atoms in total. The molecule has 186 valence electrons. The molecule has 0 aromatic heterocycles. The summed E-state index contributed by atoms with van der Waals surface area (Å²) in [5, 5.41) is 20.5. The lowest BCUT2D eigenvalue weighted by molar-refractivity contribution is -0.136. The second-order valence-electron chi connectivity index (χ2n) is 9.33. The molecule has 2 aromatic carbocycles. The minimum absolute atomic E-state index is 0.0143. The molecular formula is C28H38O6. The van der Waals surface area contributed by atoms with Crippen molar-refractivity contribution < 1.29 is 29.2 Å². The van der Waals surface area contributed by atoms with Crippen LogP contribution in [0.25, 0.3) is 0 Å². The van der Waals surface area contributed by atoms with Gasteiger partial charge in [0.05, 0.1) is 26.7 Å². The van der Waals surface area contributed by atoms with Crippen molar-refractivity contribution in [3.63, 3.8) is 0 Å². The molecule has 0 spiro atoms. The van der Waals surface area contributed by atoms with E-state index in [9.17, 15) is 9.90 Å². The first-order valence-corrected chi connectivity index (χ1v) is 12.2. The number of methoxy groups -OCH3 is 2. The number of hydrogen-bond acceptors (Lipinski definition) is 5. The standard InChI is InChI=1S/C28H38O6/c1-19-25(32-2)17-24(18-26(19)33-3)28(31)23(6-4-5-20-11-13-34-14-12-20)15-21-7-9-22(10-8-21)16-27(29)30/h7-10,17-18,20,23,28,31H,4-6,11-16H2,1-3H3,(H,29,30). The Bertz CT molecular complexity index is 892. The van der Waals surface area contributed by atoms with Gasteiger partial charge in [-0.3, -0.25) is 4.79 Å². The van der Waals surface area contributed by atoms with Crippen molar-refractivity contribution in [2.24, 2.45) is 11.8 Å². The van der Waals surface area contributed by atoms with Gasteiger partial charge in [-0.05, 0) is 73.3 Å². The quantitative estimate of drug-likeness (QED) is 0.447. The fraction of sp³-hybridized carbons (Fsp3) is 0.536. The second-order valence-corrected chi connectivity index (χ2v) is 9.33. The van der Waals surface area contributed by atoms with Gasteiger partial charge in [0.1, 0.15) is 11.5 Å². The number of benzene rings is 2. The molecule has 1 aliphatic rings. The number of rotatable bonds is 12. The molecule has 2 aromatic rings. The second kappa shape index (κ2) is 12.8. The van der Waals surface area contributed by atoms with Gasteiger partial charge in [-0.25, -0.2) is 0 Å². The molecule has 0 saturated carbocycles. The number of aliphatic hydroxyl groups excluding tert-OH is 1. The molecule has 34 heavy (non-hydrogen) atoms. The molecular weight excluding hydrogens is 432 g/mol. The van der Waals surface area contributed by atoms with Crippen LogP contribution in [0.3, 0.4) is 0 Å². The summed E-state index contributed by atoms with van der Waals surface area (Å²) in [7, 11) is 3.25. The molecule has 3 rings (SSSR count). The average Bonchev–Trinajstić information content (AvgIpc) is 2.84. The zero-order valence-corrected chi connectivity index (χ0v) is 20.6. The first kappa shape index (κ1) is 26.0. The third kappa shape index (κ3) is 7.21. The highest BCUT2D eigenvalue weighted by atomic mass is 16.5. The maximum Gasteiger partial charge on any atom is 0.307 e. The van der Waals surface area contributed by atoms with Crippen LogP contribution < -0.4 is 9.47 Å². The van der Waals surface area contributed by atoms with Crippen LogP contribution in [0.15, 0.2) is 36.4 Å². The van der Waals surface area contributed by atoms with Crippen LogP contribution in [0.2, 0.25) is 0 Å². The SMILES string of the molecule is COc1cc(C(O)C(CCCC2CCOCC2)Cc2ccc(CC(=O)O)cc2)cc(OC)c1C. The Morgan fingerprint density at radius 3 is 2.21 bits per heavy atom. The van der Waals surface area contributed by atoms with Crippen LogP contribution in [0.4, 0.5) is 0 Å². The Kier molecular flexibility index (Phi) is 9.78. The third-order valence-electron chi connectivity index (χ3n) is 6.97. The fourth-order valence-corrected chi connectivity index (χ4v) is 4.90. The first-order valence-electron chi connectivity index (χ1n) is 12.2. The van der Waals surface area contributed by atoms with E-state index in [1.807, 2.05) is 43.3 Å². The summed E-state index contributed by atoms with van der Waals surface area (Å²) in [5.74, 6) is 1.28. The molecule has 2 atom stereocenters. The predicted octanol–water partition coefficient (Wildman–Crippen LogP) is 5.13. The summed E-state index contributed by atoms with van der Waals surface area (Å²) >= 11 is 0. The molecule has 1 saturated heterocycles. The zero-order valence-electron chi connectivity index (χ0n) is 20.6. The summed E-state index contributed by atoms with van der Waals surface area (Å²) in [4.78, 5) is 11.0. The summed E-state index contributed by atoms with van der Waals surface area (Å²) < 4.78 is 16.6. The van der Waals surface area contributed by atoms with Gasteiger partial charge in [0.2, 0.25) is 0 Å². The van der Waals surface area contributed by atoms with Crippen LogP contribution in [0.5, 0.6) is 11.5 Å². The fourth-order valence-electron chi connectivity index (χ4n) is 4.90. The minimum Gasteiger partial charge on any atom is -0.496 e. The van der Waals surface area contributed by atoms with E-state index in [0.717, 1.165) is 67.6 Å². The summed E-state index contributed by atoms with van der Waals surface area (Å²) in [6.07, 6.45) is 5.37. The number of hydrogen-bond donors (Lipinski definition) is 2. The largest absolute Gasteiger partial charge is 0.496 e. The van der Waals surface area contributed by atoms with Crippen molar-refractivity contribution in [1.29, 1.82) is 0 Å². The van der Waals surface area contributed by atoms with Crippen molar-refractivity contribution >= 4 is 5.97 Å². The van der Waals surface area contributed by atoms with Gasteiger partial charge in [-0.1, -0.05) is 37.1 Å². The molecule has 0 radical (unpaired) electrons. The molecule has 1 fully saturated rings. The molecule has 2 unspecified atom stereocenters. The highest BCUT2D eigenvalue weighted by Crippen LogP contribution is 2.37. The van der Waals surface area contributed by atoms with Crippen molar-refractivity contribution in [3.8, 4) is 11.5 Å². The Morgan fingerprint density at radius 1 is 1.06 bits per heavy atom. The number of aliphatic hydroxyl groups is 1. The van der Waals surface area contributed by atoms with Crippen LogP contribution in [0.1, 0.15) is 60.5 Å². The number of carbonyl (C=O) groups is 1. The van der Waals surface area contributed by atoms with Crippen LogP contribution in [0, 0.1) is 18.8 Å². The Labute approximate surface area is 202 Å². The molecule has 0 aliphatic carbocycles. The summed E-state index contributed by atoms with van der Waals surface area (Å²) in [6.45, 7) is 3.64. The maximum absolute atomic E-state index is 11.5. The molecule has 6 heteroatoms. The first-order chi connectivity index (χ1) is 16.4. The van der Waals surface area contributed by atoms with Crippen molar-refractivity contribution in [2.75, 3.05) is 27.4 Å². The van der Waals surface area contributed by atoms with Gasteiger partial charge >= 0.3 is 5.97 Å². The van der Waals surface area contributed by atoms with Crippen LogP contribution in [-0.4, -0.2) is 43.6 Å². The number of carboxylic acids is 1. The number of aliphatic carboxylic acids is 1.